The minimum Gasteiger partial charge on any atom is -0.314 e. The zero-order chi connectivity index (χ0) is 11.4. The molecule has 0 aliphatic heterocycles. The number of nitrogens with two attached hydrogens (primary N) is 1. The molecule has 0 amide bonds. The summed E-state index contributed by atoms with van der Waals surface area (Å²) < 4.78 is 0. The maximum absolute atomic E-state index is 8.76. The van der Waals surface area contributed by atoms with Gasteiger partial charge in [0, 0.05) is 12.6 Å². The summed E-state index contributed by atoms with van der Waals surface area (Å²) in [7, 11) is 2.08. The maximum atomic E-state index is 8.76. The van der Waals surface area contributed by atoms with Gasteiger partial charge < -0.3 is 10.6 Å². The average Bonchev–Trinajstić information content (AvgIpc) is 2.13. The Morgan fingerprint density at radius 2 is 1.93 bits per heavy atom. The lowest BCUT2D eigenvalue weighted by molar-refractivity contribution is 0.197. The molecule has 2 N–H and O–H groups in total. The Morgan fingerprint density at radius 3 is 2.29 bits per heavy atom. The Hall–Kier alpha value is -0.590. The van der Waals surface area contributed by atoms with Crippen molar-refractivity contribution in [1.29, 1.82) is 5.26 Å². The third-order valence-electron chi connectivity index (χ3n) is 2.90. The topological polar surface area (TPSA) is 53.0 Å². The zero-order valence-corrected chi connectivity index (χ0v) is 10.0. The second kappa shape index (κ2) is 5.33. The molecule has 0 aromatic rings. The van der Waals surface area contributed by atoms with Crippen LogP contribution in [0.1, 0.15) is 34.1 Å². The van der Waals surface area contributed by atoms with E-state index in [0.717, 1.165) is 13.0 Å². The lowest BCUT2D eigenvalue weighted by atomic mass is 9.99. The summed E-state index contributed by atoms with van der Waals surface area (Å²) in [6, 6.07) is 2.65. The van der Waals surface area contributed by atoms with Crippen LogP contribution >= 0.6 is 0 Å². The number of nitrogens with zero attached hydrogens (tertiary/aromatic N) is 2. The predicted molar refractivity (Wildman–Crippen MR) is 59.8 cm³/mol. The van der Waals surface area contributed by atoms with Gasteiger partial charge in [0.05, 0.1) is 6.07 Å². The molecule has 2 atom stereocenters. The number of hydrogen-bond acceptors (Lipinski definition) is 3. The highest BCUT2D eigenvalue weighted by molar-refractivity contribution is 5.01. The lowest BCUT2D eigenvalue weighted by Crippen LogP contribution is -2.41. The van der Waals surface area contributed by atoms with Gasteiger partial charge in [-0.1, -0.05) is 13.8 Å². The minimum atomic E-state index is -0.690. The Balaban J connectivity index is 3.98. The van der Waals surface area contributed by atoms with Gasteiger partial charge in [-0.3, -0.25) is 0 Å². The number of rotatable bonds is 5. The van der Waals surface area contributed by atoms with Crippen LogP contribution < -0.4 is 5.73 Å². The second-order valence-electron chi connectivity index (χ2n) is 4.74. The van der Waals surface area contributed by atoms with Crippen molar-refractivity contribution in [3.63, 3.8) is 0 Å². The van der Waals surface area contributed by atoms with E-state index in [-0.39, 0.29) is 0 Å². The van der Waals surface area contributed by atoms with E-state index in [1.54, 1.807) is 6.92 Å². The molecule has 2 unspecified atom stereocenters. The average molecular weight is 197 g/mol. The fourth-order valence-electron chi connectivity index (χ4n) is 1.18. The van der Waals surface area contributed by atoms with Crippen molar-refractivity contribution < 1.29 is 0 Å². The summed E-state index contributed by atoms with van der Waals surface area (Å²) >= 11 is 0. The van der Waals surface area contributed by atoms with Gasteiger partial charge in [0.2, 0.25) is 0 Å². The molecule has 0 aromatic carbocycles. The standard InChI is InChI=1S/C11H23N3/c1-9(2)10(3)14(5)7-6-11(4,13)8-12/h9-10H,6-7,13H2,1-5H3. The van der Waals surface area contributed by atoms with Crippen molar-refractivity contribution in [3.05, 3.63) is 0 Å². The first kappa shape index (κ1) is 13.4. The molecule has 0 spiro atoms. The quantitative estimate of drug-likeness (QED) is 0.728. The van der Waals surface area contributed by atoms with Gasteiger partial charge in [-0.2, -0.15) is 5.26 Å². The van der Waals surface area contributed by atoms with Gasteiger partial charge >= 0.3 is 0 Å². The van der Waals surface area contributed by atoms with E-state index in [1.165, 1.54) is 0 Å². The molecule has 0 bridgehead atoms. The molecule has 3 heteroatoms. The van der Waals surface area contributed by atoms with Gasteiger partial charge in [0.1, 0.15) is 5.54 Å². The van der Waals surface area contributed by atoms with Crippen LogP contribution in [0.5, 0.6) is 0 Å². The Morgan fingerprint density at radius 1 is 1.43 bits per heavy atom. The summed E-state index contributed by atoms with van der Waals surface area (Å²) in [5.41, 5.74) is 5.06. The lowest BCUT2D eigenvalue weighted by Gasteiger charge is -2.29. The molecule has 0 aliphatic carbocycles. The molecule has 82 valence electrons. The van der Waals surface area contributed by atoms with Crippen molar-refractivity contribution in [2.24, 2.45) is 11.7 Å². The van der Waals surface area contributed by atoms with Gasteiger partial charge in [0.15, 0.2) is 0 Å². The monoisotopic (exact) mass is 197 g/mol. The first-order valence-electron chi connectivity index (χ1n) is 5.20. The SMILES string of the molecule is CC(C)C(C)N(C)CCC(C)(N)C#N. The van der Waals surface area contributed by atoms with Crippen molar-refractivity contribution in [3.8, 4) is 6.07 Å². The van der Waals surface area contributed by atoms with Crippen LogP contribution in [0.25, 0.3) is 0 Å². The molecule has 0 fully saturated rings. The van der Waals surface area contributed by atoms with E-state index in [1.807, 2.05) is 0 Å². The highest BCUT2D eigenvalue weighted by Gasteiger charge is 2.20. The largest absolute Gasteiger partial charge is 0.314 e. The van der Waals surface area contributed by atoms with Gasteiger partial charge in [-0.25, -0.2) is 0 Å². The minimum absolute atomic E-state index is 0.532. The second-order valence-corrected chi connectivity index (χ2v) is 4.74. The predicted octanol–water partition coefficient (Wildman–Crippen LogP) is 1.59. The van der Waals surface area contributed by atoms with Gasteiger partial charge in [-0.05, 0) is 33.2 Å². The summed E-state index contributed by atoms with van der Waals surface area (Å²) in [4.78, 5) is 2.26. The molecule has 0 radical (unpaired) electrons. The van der Waals surface area contributed by atoms with Crippen LogP contribution in [0.15, 0.2) is 0 Å². The van der Waals surface area contributed by atoms with E-state index in [9.17, 15) is 0 Å². The first-order chi connectivity index (χ1) is 6.30. The van der Waals surface area contributed by atoms with Crippen LogP contribution in [-0.4, -0.2) is 30.1 Å². The van der Waals surface area contributed by atoms with Crippen LogP contribution in [-0.2, 0) is 0 Å². The molecule has 3 nitrogen and oxygen atoms in total. The Bertz CT molecular complexity index is 203. The van der Waals surface area contributed by atoms with Crippen molar-refractivity contribution >= 4 is 0 Å². The highest BCUT2D eigenvalue weighted by atomic mass is 15.1. The molecule has 0 aliphatic rings. The first-order valence-corrected chi connectivity index (χ1v) is 5.20. The van der Waals surface area contributed by atoms with Gasteiger partial charge in [0.25, 0.3) is 0 Å². The van der Waals surface area contributed by atoms with Crippen molar-refractivity contribution in [2.75, 3.05) is 13.6 Å². The molecule has 0 saturated heterocycles. The van der Waals surface area contributed by atoms with E-state index in [4.69, 9.17) is 11.0 Å². The van der Waals surface area contributed by atoms with E-state index in [0.29, 0.717) is 12.0 Å². The molecule has 14 heavy (non-hydrogen) atoms. The third kappa shape index (κ3) is 4.59. The number of hydrogen-bond donors (Lipinski definition) is 1. The van der Waals surface area contributed by atoms with E-state index >= 15 is 0 Å². The number of nitriles is 1. The van der Waals surface area contributed by atoms with Crippen LogP contribution in [0.4, 0.5) is 0 Å². The normalized spacial score (nSPS) is 17.9. The van der Waals surface area contributed by atoms with Gasteiger partial charge in [-0.15, -0.1) is 0 Å². The smallest absolute Gasteiger partial charge is 0.102 e. The highest BCUT2D eigenvalue weighted by Crippen LogP contribution is 2.11. The third-order valence-corrected chi connectivity index (χ3v) is 2.90. The van der Waals surface area contributed by atoms with Crippen molar-refractivity contribution in [2.45, 2.75) is 45.7 Å². The Kier molecular flexibility index (Phi) is 5.11. The van der Waals surface area contributed by atoms with E-state index in [2.05, 4.69) is 38.8 Å². The van der Waals surface area contributed by atoms with Crippen LogP contribution in [0, 0.1) is 17.2 Å². The molecular weight excluding hydrogens is 174 g/mol. The fourth-order valence-corrected chi connectivity index (χ4v) is 1.18. The molecule has 0 heterocycles. The molecular formula is C11H23N3. The summed E-state index contributed by atoms with van der Waals surface area (Å²) in [6.45, 7) is 9.26. The van der Waals surface area contributed by atoms with E-state index < -0.39 is 5.54 Å². The fraction of sp³-hybridized carbons (Fsp3) is 0.909. The molecule has 0 saturated carbocycles. The zero-order valence-electron chi connectivity index (χ0n) is 10.0. The Labute approximate surface area is 87.9 Å². The summed E-state index contributed by atoms with van der Waals surface area (Å²) in [6.07, 6.45) is 0.719. The molecule has 0 rings (SSSR count). The van der Waals surface area contributed by atoms with Crippen molar-refractivity contribution in [1.82, 2.24) is 4.90 Å². The molecule has 0 aromatic heterocycles. The van der Waals surface area contributed by atoms with Crippen LogP contribution in [0.2, 0.25) is 0 Å². The summed E-state index contributed by atoms with van der Waals surface area (Å²) in [5.74, 6) is 0.631. The summed E-state index contributed by atoms with van der Waals surface area (Å²) in [5, 5.41) is 8.76. The van der Waals surface area contributed by atoms with Crippen LogP contribution in [0.3, 0.4) is 0 Å². The maximum Gasteiger partial charge on any atom is 0.102 e.